The van der Waals surface area contributed by atoms with Gasteiger partial charge < -0.3 is 4.74 Å². The predicted molar refractivity (Wildman–Crippen MR) is 105 cm³/mol. The molecule has 2 nitrogen and oxygen atoms in total. The Morgan fingerprint density at radius 1 is 1.00 bits per heavy atom. The van der Waals surface area contributed by atoms with Crippen molar-refractivity contribution >= 4 is 12.4 Å². The van der Waals surface area contributed by atoms with Gasteiger partial charge in [-0.1, -0.05) is 54.6 Å². The van der Waals surface area contributed by atoms with Crippen molar-refractivity contribution in [1.29, 1.82) is 0 Å². The second kappa shape index (κ2) is 7.49. The summed E-state index contributed by atoms with van der Waals surface area (Å²) < 4.78 is 6.39. The second-order valence-electron chi connectivity index (χ2n) is 7.40. The van der Waals surface area contributed by atoms with Crippen LogP contribution in [0.1, 0.15) is 36.0 Å². The number of benzene rings is 2. The fraction of sp³-hybridized carbons (Fsp3) is 0.455. The SMILES string of the molecule is CO[C@@]1(c2ccccc2)c2ccccc2CC[C@H]1N(C)CC1CC1.Cl. The lowest BCUT2D eigenvalue weighted by molar-refractivity contribution is -0.0582. The molecular formula is C22H28ClNO. The minimum Gasteiger partial charge on any atom is -0.367 e. The molecule has 0 aliphatic heterocycles. The number of aryl methyl sites for hydroxylation is 1. The highest BCUT2D eigenvalue weighted by molar-refractivity contribution is 5.85. The molecule has 134 valence electrons. The van der Waals surface area contributed by atoms with Crippen LogP contribution >= 0.6 is 12.4 Å². The first-order valence-corrected chi connectivity index (χ1v) is 9.15. The molecule has 0 bridgehead atoms. The molecule has 4 rings (SSSR count). The van der Waals surface area contributed by atoms with E-state index in [0.717, 1.165) is 18.8 Å². The van der Waals surface area contributed by atoms with Crippen molar-refractivity contribution in [3.8, 4) is 0 Å². The summed E-state index contributed by atoms with van der Waals surface area (Å²) in [5.41, 5.74) is 3.67. The van der Waals surface area contributed by atoms with Crippen molar-refractivity contribution in [2.75, 3.05) is 20.7 Å². The average Bonchev–Trinajstić information content (AvgIpc) is 3.45. The van der Waals surface area contributed by atoms with Crippen molar-refractivity contribution in [1.82, 2.24) is 4.90 Å². The molecule has 0 amide bonds. The first-order valence-electron chi connectivity index (χ1n) is 9.15. The van der Waals surface area contributed by atoms with E-state index < -0.39 is 0 Å². The molecule has 25 heavy (non-hydrogen) atoms. The minimum absolute atomic E-state index is 0. The number of rotatable bonds is 5. The van der Waals surface area contributed by atoms with Gasteiger partial charge in [-0.3, -0.25) is 4.90 Å². The molecule has 2 aliphatic rings. The average molecular weight is 358 g/mol. The first-order chi connectivity index (χ1) is 11.8. The fourth-order valence-electron chi connectivity index (χ4n) is 4.54. The molecule has 0 saturated heterocycles. The maximum Gasteiger partial charge on any atom is 0.133 e. The van der Waals surface area contributed by atoms with Crippen LogP contribution < -0.4 is 0 Å². The van der Waals surface area contributed by atoms with E-state index in [1.54, 1.807) is 0 Å². The van der Waals surface area contributed by atoms with E-state index in [9.17, 15) is 0 Å². The van der Waals surface area contributed by atoms with Gasteiger partial charge in [0.15, 0.2) is 0 Å². The Kier molecular flexibility index (Phi) is 5.52. The van der Waals surface area contributed by atoms with Crippen molar-refractivity contribution in [3.63, 3.8) is 0 Å². The van der Waals surface area contributed by atoms with Crippen LogP contribution in [-0.4, -0.2) is 31.6 Å². The molecule has 3 heteroatoms. The summed E-state index contributed by atoms with van der Waals surface area (Å²) in [7, 11) is 4.17. The van der Waals surface area contributed by atoms with E-state index in [-0.39, 0.29) is 18.0 Å². The van der Waals surface area contributed by atoms with Crippen LogP contribution in [0, 0.1) is 5.92 Å². The number of halogens is 1. The third-order valence-electron chi connectivity index (χ3n) is 5.87. The number of fused-ring (bicyclic) bond motifs is 1. The maximum atomic E-state index is 6.39. The largest absolute Gasteiger partial charge is 0.367 e. The standard InChI is InChI=1S/C22H27NO.ClH/c1-23(16-17-12-13-17)21-15-14-18-8-6-7-11-20(18)22(21,24-2)19-9-4-3-5-10-19;/h3-11,17,21H,12-16H2,1-2H3;1H/t21-,22+;/m1./s1. The molecule has 0 spiro atoms. The topological polar surface area (TPSA) is 12.5 Å². The molecule has 0 N–H and O–H groups in total. The third-order valence-corrected chi connectivity index (χ3v) is 5.87. The predicted octanol–water partition coefficient (Wildman–Crippen LogP) is 4.66. The van der Waals surface area contributed by atoms with E-state index in [4.69, 9.17) is 4.74 Å². The molecule has 0 aromatic heterocycles. The van der Waals surface area contributed by atoms with E-state index in [0.29, 0.717) is 6.04 Å². The molecule has 0 radical (unpaired) electrons. The number of hydrogen-bond donors (Lipinski definition) is 0. The van der Waals surface area contributed by atoms with Crippen LogP contribution in [0.5, 0.6) is 0 Å². The second-order valence-corrected chi connectivity index (χ2v) is 7.40. The summed E-state index contributed by atoms with van der Waals surface area (Å²) in [5, 5.41) is 0. The van der Waals surface area contributed by atoms with Gasteiger partial charge in [0.2, 0.25) is 0 Å². The van der Waals surface area contributed by atoms with Gasteiger partial charge in [0.1, 0.15) is 5.60 Å². The molecule has 1 saturated carbocycles. The highest BCUT2D eigenvalue weighted by Gasteiger charge is 2.48. The van der Waals surface area contributed by atoms with Crippen LogP contribution in [-0.2, 0) is 16.8 Å². The molecule has 2 aliphatic carbocycles. The Labute approximate surface area is 157 Å². The highest BCUT2D eigenvalue weighted by Crippen LogP contribution is 2.46. The smallest absolute Gasteiger partial charge is 0.133 e. The lowest BCUT2D eigenvalue weighted by atomic mass is 9.71. The Morgan fingerprint density at radius 2 is 1.68 bits per heavy atom. The van der Waals surface area contributed by atoms with Gasteiger partial charge in [0, 0.05) is 19.7 Å². The van der Waals surface area contributed by atoms with Gasteiger partial charge in [-0.25, -0.2) is 0 Å². The molecule has 1 fully saturated rings. The molecule has 0 unspecified atom stereocenters. The monoisotopic (exact) mass is 357 g/mol. The van der Waals surface area contributed by atoms with Crippen LogP contribution in [0.4, 0.5) is 0 Å². The van der Waals surface area contributed by atoms with Crippen LogP contribution in [0.3, 0.4) is 0 Å². The fourth-order valence-corrected chi connectivity index (χ4v) is 4.54. The number of methoxy groups -OCH3 is 1. The van der Waals surface area contributed by atoms with E-state index in [2.05, 4.69) is 66.5 Å². The number of likely N-dealkylation sites (N-methyl/N-ethyl adjacent to an activating group) is 1. The molecule has 2 aromatic rings. The lowest BCUT2D eigenvalue weighted by Gasteiger charge is -2.48. The van der Waals surface area contributed by atoms with Gasteiger partial charge in [-0.05, 0) is 55.3 Å². The minimum atomic E-state index is -0.375. The zero-order chi connectivity index (χ0) is 16.6. The third kappa shape index (κ3) is 3.23. The molecule has 0 heterocycles. The van der Waals surface area contributed by atoms with Crippen molar-refractivity contribution in [2.24, 2.45) is 5.92 Å². The first kappa shape index (κ1) is 18.4. The molecule has 2 atom stereocenters. The normalized spacial score (nSPS) is 25.3. The zero-order valence-electron chi connectivity index (χ0n) is 15.2. The van der Waals surface area contributed by atoms with E-state index >= 15 is 0 Å². The van der Waals surface area contributed by atoms with Crippen LogP contribution in [0.25, 0.3) is 0 Å². The summed E-state index contributed by atoms with van der Waals surface area (Å²) in [4.78, 5) is 2.56. The summed E-state index contributed by atoms with van der Waals surface area (Å²) >= 11 is 0. The van der Waals surface area contributed by atoms with Crippen molar-refractivity contribution in [3.05, 3.63) is 71.3 Å². The van der Waals surface area contributed by atoms with Gasteiger partial charge in [0.25, 0.3) is 0 Å². The Morgan fingerprint density at radius 3 is 2.36 bits per heavy atom. The van der Waals surface area contributed by atoms with Crippen LogP contribution in [0.2, 0.25) is 0 Å². The number of hydrogen-bond acceptors (Lipinski definition) is 2. The van der Waals surface area contributed by atoms with Crippen LogP contribution in [0.15, 0.2) is 54.6 Å². The molecular weight excluding hydrogens is 330 g/mol. The summed E-state index contributed by atoms with van der Waals surface area (Å²) in [6, 6.07) is 20.0. The Hall–Kier alpha value is -1.35. The summed E-state index contributed by atoms with van der Waals surface area (Å²) in [6.07, 6.45) is 5.05. The quantitative estimate of drug-likeness (QED) is 0.772. The van der Waals surface area contributed by atoms with Crippen molar-refractivity contribution < 1.29 is 4.74 Å². The lowest BCUT2D eigenvalue weighted by Crippen LogP contribution is -2.54. The Balaban J connectivity index is 0.00000182. The van der Waals surface area contributed by atoms with Gasteiger partial charge in [-0.2, -0.15) is 0 Å². The van der Waals surface area contributed by atoms with E-state index in [1.165, 1.54) is 36.1 Å². The van der Waals surface area contributed by atoms with Gasteiger partial charge in [-0.15, -0.1) is 12.4 Å². The van der Waals surface area contributed by atoms with Crippen molar-refractivity contribution in [2.45, 2.75) is 37.3 Å². The summed E-state index contributed by atoms with van der Waals surface area (Å²) in [5.74, 6) is 0.887. The Bertz CT molecular complexity index is 700. The zero-order valence-corrected chi connectivity index (χ0v) is 16.0. The molecule has 2 aromatic carbocycles. The number of nitrogens with zero attached hydrogens (tertiary/aromatic N) is 1. The van der Waals surface area contributed by atoms with E-state index in [1.807, 2.05) is 7.11 Å². The number of ether oxygens (including phenoxy) is 1. The van der Waals surface area contributed by atoms with Gasteiger partial charge in [0.05, 0.1) is 0 Å². The maximum absolute atomic E-state index is 6.39. The summed E-state index contributed by atoms with van der Waals surface area (Å²) in [6.45, 7) is 1.19. The highest BCUT2D eigenvalue weighted by atomic mass is 35.5. The van der Waals surface area contributed by atoms with Gasteiger partial charge >= 0.3 is 0 Å².